The molecule has 0 saturated heterocycles. The third-order valence-electron chi connectivity index (χ3n) is 2.33. The van der Waals surface area contributed by atoms with E-state index in [-0.39, 0.29) is 5.11 Å². The zero-order chi connectivity index (χ0) is 14.4. The molecule has 2 aromatic carbocycles. The Balaban J connectivity index is 2.03. The quantitative estimate of drug-likeness (QED) is 0.504. The summed E-state index contributed by atoms with van der Waals surface area (Å²) in [5.41, 5.74) is 8.67. The van der Waals surface area contributed by atoms with Gasteiger partial charge in [-0.1, -0.05) is 12.1 Å². The Morgan fingerprint density at radius 3 is 2.55 bits per heavy atom. The van der Waals surface area contributed by atoms with Crippen LogP contribution >= 0.6 is 28.1 Å². The van der Waals surface area contributed by atoms with E-state index in [1.165, 1.54) is 0 Å². The van der Waals surface area contributed by atoms with E-state index in [1.807, 2.05) is 48.5 Å². The molecule has 2 aromatic rings. The lowest BCUT2D eigenvalue weighted by Gasteiger charge is -2.07. The van der Waals surface area contributed by atoms with Gasteiger partial charge in [-0.05, 0) is 70.1 Å². The second-order valence-corrected chi connectivity index (χ2v) is 5.13. The summed E-state index contributed by atoms with van der Waals surface area (Å²) in [6.45, 7) is 0. The van der Waals surface area contributed by atoms with Crippen molar-refractivity contribution in [3.05, 3.63) is 58.6 Å². The smallest absolute Gasteiger partial charge is 0.184 e. The van der Waals surface area contributed by atoms with Crippen LogP contribution in [0.3, 0.4) is 0 Å². The lowest BCUT2D eigenvalue weighted by atomic mass is 10.2. The molecule has 0 aromatic heterocycles. The van der Waals surface area contributed by atoms with Gasteiger partial charge in [-0.15, -0.1) is 0 Å². The molecule has 0 atom stereocenters. The maximum atomic E-state index is 5.76. The van der Waals surface area contributed by atoms with E-state index in [0.717, 1.165) is 21.5 Å². The Hall–Kier alpha value is -1.92. The number of nitrogens with one attached hydrogen (secondary N) is 1. The first kappa shape index (κ1) is 14.5. The number of rotatable bonds is 4. The number of ether oxygens (including phenoxy) is 1. The van der Waals surface area contributed by atoms with Gasteiger partial charge in [0.1, 0.15) is 11.5 Å². The summed E-state index contributed by atoms with van der Waals surface area (Å²) in [7, 11) is 0. The molecule has 4 nitrogen and oxygen atoms in total. The average Bonchev–Trinajstić information content (AvgIpc) is 2.43. The van der Waals surface area contributed by atoms with Crippen molar-refractivity contribution in [2.24, 2.45) is 10.8 Å². The molecule has 6 heteroatoms. The van der Waals surface area contributed by atoms with Crippen LogP contribution < -0.4 is 15.9 Å². The first-order chi connectivity index (χ1) is 9.65. The van der Waals surface area contributed by atoms with Gasteiger partial charge in [0.05, 0.1) is 10.7 Å². The summed E-state index contributed by atoms with van der Waals surface area (Å²) in [6, 6.07) is 15.2. The molecule has 0 amide bonds. The third-order valence-corrected chi connectivity index (χ3v) is 3.08. The summed E-state index contributed by atoms with van der Waals surface area (Å²) in [5.74, 6) is 1.51. The minimum Gasteiger partial charge on any atom is -0.456 e. The zero-order valence-electron chi connectivity index (χ0n) is 10.4. The van der Waals surface area contributed by atoms with Gasteiger partial charge in [0.15, 0.2) is 5.11 Å². The van der Waals surface area contributed by atoms with Crippen LogP contribution in [0, 0.1) is 0 Å². The Kier molecular flexibility index (Phi) is 5.09. The number of halogens is 1. The van der Waals surface area contributed by atoms with E-state index < -0.39 is 0 Å². The molecule has 0 aliphatic rings. The molecule has 3 N–H and O–H groups in total. The number of hydrazone groups is 1. The van der Waals surface area contributed by atoms with E-state index in [4.69, 9.17) is 10.5 Å². The number of benzene rings is 2. The van der Waals surface area contributed by atoms with Crippen LogP contribution in [0.1, 0.15) is 5.56 Å². The Morgan fingerprint density at radius 1 is 1.20 bits per heavy atom. The van der Waals surface area contributed by atoms with Crippen molar-refractivity contribution in [3.8, 4) is 11.5 Å². The first-order valence-electron chi connectivity index (χ1n) is 5.76. The van der Waals surface area contributed by atoms with Crippen LogP contribution in [0.2, 0.25) is 0 Å². The lowest BCUT2D eigenvalue weighted by Crippen LogP contribution is -2.23. The van der Waals surface area contributed by atoms with Gasteiger partial charge in [-0.3, -0.25) is 5.43 Å². The molecule has 0 unspecified atom stereocenters. The van der Waals surface area contributed by atoms with Crippen LogP contribution in [0.15, 0.2) is 58.1 Å². The molecule has 0 saturated carbocycles. The Labute approximate surface area is 130 Å². The highest BCUT2D eigenvalue weighted by Gasteiger charge is 2.01. The van der Waals surface area contributed by atoms with Crippen molar-refractivity contribution in [2.45, 2.75) is 0 Å². The molecule has 2 rings (SSSR count). The van der Waals surface area contributed by atoms with Crippen molar-refractivity contribution in [3.63, 3.8) is 0 Å². The van der Waals surface area contributed by atoms with Gasteiger partial charge in [0.25, 0.3) is 0 Å². The fourth-order valence-corrected chi connectivity index (χ4v) is 1.87. The average molecular weight is 350 g/mol. The number of hydrogen-bond acceptors (Lipinski definition) is 3. The second kappa shape index (κ2) is 7.02. The van der Waals surface area contributed by atoms with Crippen LogP contribution in [-0.2, 0) is 0 Å². The van der Waals surface area contributed by atoms with Crippen LogP contribution in [0.25, 0.3) is 0 Å². The van der Waals surface area contributed by atoms with E-state index in [1.54, 1.807) is 6.21 Å². The van der Waals surface area contributed by atoms with Gasteiger partial charge in [-0.2, -0.15) is 5.10 Å². The summed E-state index contributed by atoms with van der Waals surface area (Å²) in [6.07, 6.45) is 1.63. The number of para-hydroxylation sites is 1. The number of nitrogens with zero attached hydrogens (tertiary/aromatic N) is 1. The molecule has 0 radical (unpaired) electrons. The normalized spacial score (nSPS) is 10.4. The highest BCUT2D eigenvalue weighted by molar-refractivity contribution is 9.10. The van der Waals surface area contributed by atoms with Crippen LogP contribution in [0.5, 0.6) is 11.5 Å². The van der Waals surface area contributed by atoms with E-state index in [0.29, 0.717) is 0 Å². The molecule has 20 heavy (non-hydrogen) atoms. The number of hydrogen-bond donors (Lipinski definition) is 2. The molecule has 0 heterocycles. The number of thiocarbonyl (C=S) groups is 1. The third kappa shape index (κ3) is 4.32. The molecule has 0 bridgehead atoms. The summed E-state index contributed by atoms with van der Waals surface area (Å²) >= 11 is 8.08. The molecular weight excluding hydrogens is 338 g/mol. The van der Waals surface area contributed by atoms with Gasteiger partial charge < -0.3 is 10.5 Å². The monoisotopic (exact) mass is 349 g/mol. The standard InChI is InChI=1S/C14H12BrN3OS/c15-12-3-1-2-4-13(12)19-11-7-5-10(6-8-11)9-17-18-14(16)20/h1-9H,(H3,16,18,20)/b17-9-. The van der Waals surface area contributed by atoms with Crippen molar-refractivity contribution < 1.29 is 4.74 Å². The first-order valence-corrected chi connectivity index (χ1v) is 6.96. The van der Waals surface area contributed by atoms with Crippen LogP contribution in [-0.4, -0.2) is 11.3 Å². The molecular formula is C14H12BrN3OS. The van der Waals surface area contributed by atoms with E-state index in [2.05, 4.69) is 38.7 Å². The molecule has 0 aliphatic carbocycles. The topological polar surface area (TPSA) is 59.6 Å². The predicted molar refractivity (Wildman–Crippen MR) is 88.2 cm³/mol. The van der Waals surface area contributed by atoms with Gasteiger partial charge in [0, 0.05) is 0 Å². The molecule has 0 fully saturated rings. The van der Waals surface area contributed by atoms with Crippen molar-refractivity contribution >= 4 is 39.5 Å². The minimum absolute atomic E-state index is 0.134. The van der Waals surface area contributed by atoms with E-state index in [9.17, 15) is 0 Å². The highest BCUT2D eigenvalue weighted by atomic mass is 79.9. The van der Waals surface area contributed by atoms with Crippen molar-refractivity contribution in [1.29, 1.82) is 0 Å². The van der Waals surface area contributed by atoms with Gasteiger partial charge in [-0.25, -0.2) is 0 Å². The Bertz CT molecular complexity index is 629. The maximum absolute atomic E-state index is 5.76. The zero-order valence-corrected chi connectivity index (χ0v) is 12.8. The number of nitrogens with two attached hydrogens (primary N) is 1. The maximum Gasteiger partial charge on any atom is 0.184 e. The summed E-state index contributed by atoms with van der Waals surface area (Å²) in [5, 5.41) is 4.01. The SMILES string of the molecule is NC(=S)N/N=C\c1ccc(Oc2ccccc2Br)cc1. The van der Waals surface area contributed by atoms with Crippen LogP contribution in [0.4, 0.5) is 0 Å². The fourth-order valence-electron chi connectivity index (χ4n) is 1.45. The minimum atomic E-state index is 0.134. The van der Waals surface area contributed by atoms with Crippen molar-refractivity contribution in [2.75, 3.05) is 0 Å². The molecule has 0 aliphatic heterocycles. The predicted octanol–water partition coefficient (Wildman–Crippen LogP) is 3.41. The fraction of sp³-hybridized carbons (Fsp3) is 0. The summed E-state index contributed by atoms with van der Waals surface area (Å²) in [4.78, 5) is 0. The highest BCUT2D eigenvalue weighted by Crippen LogP contribution is 2.28. The largest absolute Gasteiger partial charge is 0.456 e. The Morgan fingerprint density at radius 2 is 1.90 bits per heavy atom. The van der Waals surface area contributed by atoms with Gasteiger partial charge >= 0.3 is 0 Å². The van der Waals surface area contributed by atoms with Gasteiger partial charge in [0.2, 0.25) is 0 Å². The molecule has 102 valence electrons. The lowest BCUT2D eigenvalue weighted by molar-refractivity contribution is 0.479. The summed E-state index contributed by atoms with van der Waals surface area (Å²) < 4.78 is 6.67. The van der Waals surface area contributed by atoms with Crippen molar-refractivity contribution in [1.82, 2.24) is 5.43 Å². The van der Waals surface area contributed by atoms with E-state index >= 15 is 0 Å². The second-order valence-electron chi connectivity index (χ2n) is 3.84. The molecule has 0 spiro atoms.